The molecule has 0 atom stereocenters. The molecule has 0 amide bonds. The molecule has 0 aliphatic rings. The van der Waals surface area contributed by atoms with Crippen molar-refractivity contribution < 1.29 is 4.79 Å². The Morgan fingerprint density at radius 2 is 2.08 bits per heavy atom. The van der Waals surface area contributed by atoms with Crippen LogP contribution >= 0.6 is 11.8 Å². The molecule has 0 bridgehead atoms. The predicted octanol–water partition coefficient (Wildman–Crippen LogP) is 2.60. The van der Waals surface area contributed by atoms with E-state index in [9.17, 15) is 4.79 Å². The van der Waals surface area contributed by atoms with Gasteiger partial charge in [-0.05, 0) is 23.2 Å². The first-order valence-electron chi connectivity index (χ1n) is 3.65. The lowest BCUT2D eigenvalue weighted by atomic mass is 10.1. The predicted molar refractivity (Wildman–Crippen MR) is 53.1 cm³/mol. The fourth-order valence-corrected chi connectivity index (χ4v) is 1.08. The first-order valence-corrected chi connectivity index (χ1v) is 4.53. The molecule has 0 aromatic heterocycles. The Morgan fingerprint density at radius 3 is 2.69 bits per heavy atom. The largest absolute Gasteiger partial charge is 0.289 e. The molecule has 0 heterocycles. The molecule has 1 aromatic rings. The Hall–Kier alpha value is -1.53. The van der Waals surface area contributed by atoms with E-state index in [1.165, 1.54) is 11.5 Å². The minimum Gasteiger partial charge on any atom is -0.289 e. The highest BCUT2D eigenvalue weighted by Crippen LogP contribution is 2.03. The summed E-state index contributed by atoms with van der Waals surface area (Å²) in [5.41, 5.74) is 0.636. The van der Waals surface area contributed by atoms with Crippen LogP contribution in [0, 0.1) is 10.7 Å². The zero-order valence-electron chi connectivity index (χ0n) is 6.81. The Labute approximate surface area is 80.9 Å². The molecule has 0 fully saturated rings. The van der Waals surface area contributed by atoms with Crippen molar-refractivity contribution in [3.05, 3.63) is 47.4 Å². The van der Waals surface area contributed by atoms with Gasteiger partial charge in [0.25, 0.3) is 0 Å². The maximum atomic E-state index is 11.3. The van der Waals surface area contributed by atoms with Gasteiger partial charge < -0.3 is 0 Å². The minimum atomic E-state index is -0.0802. The maximum Gasteiger partial charge on any atom is 0.186 e. The Morgan fingerprint density at radius 1 is 1.38 bits per heavy atom. The molecule has 1 aromatic carbocycles. The van der Waals surface area contributed by atoms with Gasteiger partial charge in [0.1, 0.15) is 5.40 Å². The van der Waals surface area contributed by atoms with Crippen LogP contribution in [-0.2, 0) is 0 Å². The lowest BCUT2D eigenvalue weighted by Gasteiger charge is -1.91. The van der Waals surface area contributed by atoms with E-state index >= 15 is 0 Å². The molecule has 0 radical (unpaired) electrons. The lowest BCUT2D eigenvalue weighted by molar-refractivity contribution is 0.104. The normalized spacial score (nSPS) is 9.77. The average Bonchev–Trinajstić information content (AvgIpc) is 2.19. The minimum absolute atomic E-state index is 0.0802. The molecule has 13 heavy (non-hydrogen) atoms. The van der Waals surface area contributed by atoms with Crippen molar-refractivity contribution in [2.24, 2.45) is 0 Å². The van der Waals surface area contributed by atoms with Gasteiger partial charge in [0.2, 0.25) is 0 Å². The molecule has 0 aliphatic heterocycles. The smallest absolute Gasteiger partial charge is 0.186 e. The van der Waals surface area contributed by atoms with Crippen molar-refractivity contribution in [1.29, 1.82) is 5.26 Å². The average molecular weight is 189 g/mol. The van der Waals surface area contributed by atoms with Crippen LogP contribution in [0.3, 0.4) is 0 Å². The van der Waals surface area contributed by atoms with Crippen LogP contribution in [0.25, 0.3) is 0 Å². The van der Waals surface area contributed by atoms with Gasteiger partial charge >= 0.3 is 0 Å². The monoisotopic (exact) mass is 189 g/mol. The van der Waals surface area contributed by atoms with Gasteiger partial charge in [0.05, 0.1) is 0 Å². The van der Waals surface area contributed by atoms with Gasteiger partial charge in [-0.15, -0.1) is 0 Å². The van der Waals surface area contributed by atoms with Crippen LogP contribution in [0.1, 0.15) is 10.4 Å². The van der Waals surface area contributed by atoms with Crippen LogP contribution < -0.4 is 0 Å². The Kier molecular flexibility index (Phi) is 3.80. The molecule has 1 rings (SSSR count). The van der Waals surface area contributed by atoms with Crippen molar-refractivity contribution in [1.82, 2.24) is 0 Å². The topological polar surface area (TPSA) is 40.9 Å². The van der Waals surface area contributed by atoms with E-state index in [4.69, 9.17) is 5.26 Å². The number of nitrogens with zero attached hydrogens (tertiary/aromatic N) is 1. The van der Waals surface area contributed by atoms with E-state index in [2.05, 4.69) is 0 Å². The number of benzene rings is 1. The SMILES string of the molecule is N#CS/C=C/C(=O)c1ccccc1. The molecule has 0 unspecified atom stereocenters. The van der Waals surface area contributed by atoms with Crippen molar-refractivity contribution in [2.45, 2.75) is 0 Å². The molecule has 0 N–H and O–H groups in total. The zero-order valence-corrected chi connectivity index (χ0v) is 7.62. The summed E-state index contributed by atoms with van der Waals surface area (Å²) in [6, 6.07) is 8.94. The van der Waals surface area contributed by atoms with Crippen LogP contribution in [0.2, 0.25) is 0 Å². The summed E-state index contributed by atoms with van der Waals surface area (Å²) in [4.78, 5) is 11.3. The van der Waals surface area contributed by atoms with Crippen molar-refractivity contribution in [3.8, 4) is 5.40 Å². The summed E-state index contributed by atoms with van der Waals surface area (Å²) in [5, 5.41) is 11.5. The number of ketones is 1. The molecule has 0 saturated carbocycles. The van der Waals surface area contributed by atoms with Gasteiger partial charge in [0.15, 0.2) is 5.78 Å². The third-order valence-electron chi connectivity index (χ3n) is 1.40. The van der Waals surface area contributed by atoms with Gasteiger partial charge in [-0.1, -0.05) is 30.3 Å². The lowest BCUT2D eigenvalue weighted by Crippen LogP contribution is -1.91. The molecule has 2 nitrogen and oxygen atoms in total. The van der Waals surface area contributed by atoms with Crippen molar-refractivity contribution >= 4 is 17.5 Å². The number of carbonyl (C=O) groups is 1. The number of hydrogen-bond donors (Lipinski definition) is 0. The molecule has 0 aliphatic carbocycles. The summed E-state index contributed by atoms with van der Waals surface area (Å²) < 4.78 is 0. The van der Waals surface area contributed by atoms with Gasteiger partial charge in [-0.3, -0.25) is 4.79 Å². The summed E-state index contributed by atoms with van der Waals surface area (Å²) in [7, 11) is 0. The van der Waals surface area contributed by atoms with E-state index in [0.717, 1.165) is 11.8 Å². The number of thioether (sulfide) groups is 1. The third-order valence-corrected chi connectivity index (χ3v) is 1.78. The number of thiocyanates is 1. The van der Waals surface area contributed by atoms with E-state index in [1.54, 1.807) is 24.3 Å². The Bertz CT molecular complexity index is 351. The standard InChI is InChI=1S/C10H7NOS/c11-8-13-7-6-10(12)9-4-2-1-3-5-9/h1-7H/b7-6+. The summed E-state index contributed by atoms with van der Waals surface area (Å²) in [6.45, 7) is 0. The molecular weight excluding hydrogens is 182 g/mol. The second-order valence-corrected chi connectivity index (χ2v) is 2.93. The highest BCUT2D eigenvalue weighted by molar-refractivity contribution is 8.06. The number of rotatable bonds is 3. The second kappa shape index (κ2) is 5.18. The number of carbonyl (C=O) groups excluding carboxylic acids is 1. The Balaban J connectivity index is 2.66. The van der Waals surface area contributed by atoms with Gasteiger partial charge in [-0.2, -0.15) is 5.26 Å². The van der Waals surface area contributed by atoms with Crippen LogP contribution in [0.15, 0.2) is 41.8 Å². The van der Waals surface area contributed by atoms with Crippen molar-refractivity contribution in [3.63, 3.8) is 0 Å². The van der Waals surface area contributed by atoms with Gasteiger partial charge in [0, 0.05) is 5.56 Å². The van der Waals surface area contributed by atoms with E-state index in [1.807, 2.05) is 11.5 Å². The van der Waals surface area contributed by atoms with Crippen LogP contribution in [-0.4, -0.2) is 5.78 Å². The summed E-state index contributed by atoms with van der Waals surface area (Å²) >= 11 is 0.935. The van der Waals surface area contributed by atoms with Crippen LogP contribution in [0.4, 0.5) is 0 Å². The quantitative estimate of drug-likeness (QED) is 0.417. The fourth-order valence-electron chi connectivity index (χ4n) is 0.825. The zero-order chi connectivity index (χ0) is 9.52. The highest BCUT2D eigenvalue weighted by atomic mass is 32.2. The molecule has 3 heteroatoms. The summed E-state index contributed by atoms with van der Waals surface area (Å²) in [6.07, 6.45) is 1.39. The van der Waals surface area contributed by atoms with Crippen LogP contribution in [0.5, 0.6) is 0 Å². The van der Waals surface area contributed by atoms with E-state index in [-0.39, 0.29) is 5.78 Å². The first-order chi connectivity index (χ1) is 6.34. The van der Waals surface area contributed by atoms with Crippen molar-refractivity contribution in [2.75, 3.05) is 0 Å². The fraction of sp³-hybridized carbons (Fsp3) is 0. The number of nitriles is 1. The van der Waals surface area contributed by atoms with E-state index in [0.29, 0.717) is 5.56 Å². The molecule has 0 spiro atoms. The summed E-state index contributed by atoms with van der Waals surface area (Å²) in [5.74, 6) is -0.0802. The second-order valence-electron chi connectivity index (χ2n) is 2.24. The van der Waals surface area contributed by atoms with Gasteiger partial charge in [-0.25, -0.2) is 0 Å². The number of allylic oxidation sites excluding steroid dienone is 1. The molecule has 64 valence electrons. The maximum absolute atomic E-state index is 11.3. The molecular formula is C10H7NOS. The number of hydrogen-bond acceptors (Lipinski definition) is 3. The third kappa shape index (κ3) is 3.14. The highest BCUT2D eigenvalue weighted by Gasteiger charge is 1.97. The molecule has 0 saturated heterocycles. The van der Waals surface area contributed by atoms with E-state index < -0.39 is 0 Å². The first kappa shape index (κ1) is 9.56.